The molecular weight excluding hydrogens is 276 g/mol. The molecule has 1 rings (SSSR count). The van der Waals surface area contributed by atoms with Crippen LogP contribution in [0.4, 0.5) is 0 Å². The van der Waals surface area contributed by atoms with Crippen LogP contribution in [0, 0.1) is 5.92 Å². The molecule has 0 saturated carbocycles. The van der Waals surface area contributed by atoms with Crippen LogP contribution in [0.15, 0.2) is 0 Å². The van der Waals surface area contributed by atoms with Gasteiger partial charge in [-0.25, -0.2) is 0 Å². The third kappa shape index (κ3) is 3.43. The fourth-order valence-corrected chi connectivity index (χ4v) is 2.07. The molecule has 1 fully saturated rings. The van der Waals surface area contributed by atoms with E-state index < -0.39 is 5.79 Å². The van der Waals surface area contributed by atoms with Gasteiger partial charge in [-0.1, -0.05) is 22.9 Å². The van der Waals surface area contributed by atoms with Gasteiger partial charge in [0.1, 0.15) is 4.83 Å². The number of carbonyl (C=O) groups is 1. The van der Waals surface area contributed by atoms with Gasteiger partial charge in [0.05, 0.1) is 19.3 Å². The van der Waals surface area contributed by atoms with Gasteiger partial charge in [0.25, 0.3) is 0 Å². The highest BCUT2D eigenvalue weighted by Gasteiger charge is 2.40. The zero-order chi connectivity index (χ0) is 12.3. The number of hydrogen-bond acceptors (Lipinski definition) is 4. The maximum absolute atomic E-state index is 11.5. The predicted molar refractivity (Wildman–Crippen MR) is 63.4 cm³/mol. The standard InChI is InChI=1S/C11H19BrO4/c1-5-14-10(13)9(12)7(2)8-6-15-11(3,4)16-8/h7-9H,5-6H2,1-4H3/t7-,8-,9?/m1/s1. The Morgan fingerprint density at radius 1 is 1.62 bits per heavy atom. The van der Waals surface area contributed by atoms with E-state index in [1.54, 1.807) is 6.92 Å². The molecule has 1 aliphatic heterocycles. The molecule has 0 spiro atoms. The second-order valence-electron chi connectivity index (χ2n) is 4.38. The van der Waals surface area contributed by atoms with Crippen LogP contribution < -0.4 is 0 Å². The second-order valence-corrected chi connectivity index (χ2v) is 5.37. The lowest BCUT2D eigenvalue weighted by molar-refractivity contribution is -0.151. The van der Waals surface area contributed by atoms with Gasteiger partial charge in [-0.05, 0) is 20.8 Å². The third-order valence-corrected chi connectivity index (χ3v) is 3.80. The maximum atomic E-state index is 11.5. The van der Waals surface area contributed by atoms with Crippen molar-refractivity contribution in [2.24, 2.45) is 5.92 Å². The van der Waals surface area contributed by atoms with E-state index in [2.05, 4.69) is 15.9 Å². The number of ether oxygens (including phenoxy) is 3. The average Bonchev–Trinajstić information content (AvgIpc) is 2.57. The molecule has 0 amide bonds. The molecule has 94 valence electrons. The molecule has 4 nitrogen and oxygen atoms in total. The molecule has 0 N–H and O–H groups in total. The zero-order valence-electron chi connectivity index (χ0n) is 10.2. The zero-order valence-corrected chi connectivity index (χ0v) is 11.7. The number of rotatable bonds is 4. The molecule has 0 aromatic rings. The van der Waals surface area contributed by atoms with Crippen LogP contribution in [0.5, 0.6) is 0 Å². The summed E-state index contributed by atoms with van der Waals surface area (Å²) in [5, 5.41) is 0. The monoisotopic (exact) mass is 294 g/mol. The first-order valence-corrected chi connectivity index (χ1v) is 6.41. The topological polar surface area (TPSA) is 44.8 Å². The first kappa shape index (κ1) is 13.9. The van der Waals surface area contributed by atoms with E-state index in [0.717, 1.165) is 0 Å². The van der Waals surface area contributed by atoms with Gasteiger partial charge in [-0.15, -0.1) is 0 Å². The number of esters is 1. The first-order valence-electron chi connectivity index (χ1n) is 5.50. The van der Waals surface area contributed by atoms with Crippen molar-refractivity contribution < 1.29 is 19.0 Å². The minimum absolute atomic E-state index is 0.0147. The Morgan fingerprint density at radius 3 is 2.69 bits per heavy atom. The Labute approximate surface area is 105 Å². The van der Waals surface area contributed by atoms with Crippen molar-refractivity contribution in [3.05, 3.63) is 0 Å². The molecule has 1 aliphatic rings. The fraction of sp³-hybridized carbons (Fsp3) is 0.909. The molecule has 1 unspecified atom stereocenters. The summed E-state index contributed by atoms with van der Waals surface area (Å²) in [5.74, 6) is -0.788. The molecule has 0 aromatic heterocycles. The maximum Gasteiger partial charge on any atom is 0.320 e. The Bertz CT molecular complexity index is 254. The molecule has 3 atom stereocenters. The SMILES string of the molecule is CCOC(=O)C(Br)[C@H](C)[C@H]1COC(C)(C)O1. The van der Waals surface area contributed by atoms with Crippen molar-refractivity contribution >= 4 is 21.9 Å². The summed E-state index contributed by atoms with van der Waals surface area (Å²) < 4.78 is 16.1. The van der Waals surface area contributed by atoms with E-state index in [4.69, 9.17) is 14.2 Å². The van der Waals surface area contributed by atoms with Crippen LogP contribution in [0.3, 0.4) is 0 Å². The molecule has 1 saturated heterocycles. The molecule has 0 radical (unpaired) electrons. The van der Waals surface area contributed by atoms with E-state index in [9.17, 15) is 4.79 Å². The summed E-state index contributed by atoms with van der Waals surface area (Å²) >= 11 is 3.35. The predicted octanol–water partition coefficient (Wildman–Crippen LogP) is 2.10. The molecular formula is C11H19BrO4. The van der Waals surface area contributed by atoms with Gasteiger partial charge >= 0.3 is 5.97 Å². The molecule has 1 heterocycles. The Balaban J connectivity index is 2.51. The van der Waals surface area contributed by atoms with E-state index >= 15 is 0 Å². The van der Waals surface area contributed by atoms with Crippen LogP contribution in [0.25, 0.3) is 0 Å². The molecule has 5 heteroatoms. The van der Waals surface area contributed by atoms with Gasteiger partial charge in [-0.2, -0.15) is 0 Å². The summed E-state index contributed by atoms with van der Waals surface area (Å²) in [7, 11) is 0. The third-order valence-electron chi connectivity index (χ3n) is 2.59. The van der Waals surface area contributed by atoms with Crippen LogP contribution in [-0.4, -0.2) is 35.9 Å². The van der Waals surface area contributed by atoms with Gasteiger partial charge in [0, 0.05) is 5.92 Å². The van der Waals surface area contributed by atoms with Crippen LogP contribution in [0.1, 0.15) is 27.7 Å². The largest absolute Gasteiger partial charge is 0.465 e. The van der Waals surface area contributed by atoms with Crippen molar-refractivity contribution in [2.45, 2.75) is 44.4 Å². The molecule has 0 bridgehead atoms. The van der Waals surface area contributed by atoms with Crippen molar-refractivity contribution in [3.63, 3.8) is 0 Å². The molecule has 0 aromatic carbocycles. The van der Waals surface area contributed by atoms with Crippen molar-refractivity contribution in [3.8, 4) is 0 Å². The van der Waals surface area contributed by atoms with E-state index in [-0.39, 0.29) is 22.8 Å². The number of carbonyl (C=O) groups excluding carboxylic acids is 1. The molecule has 0 aliphatic carbocycles. The van der Waals surface area contributed by atoms with Gasteiger partial charge in [0.15, 0.2) is 5.79 Å². The van der Waals surface area contributed by atoms with Gasteiger partial charge in [-0.3, -0.25) is 4.79 Å². The van der Waals surface area contributed by atoms with Crippen molar-refractivity contribution in [2.75, 3.05) is 13.2 Å². The summed E-state index contributed by atoms with van der Waals surface area (Å²) in [5.41, 5.74) is 0. The highest BCUT2D eigenvalue weighted by molar-refractivity contribution is 9.10. The van der Waals surface area contributed by atoms with E-state index in [1.165, 1.54) is 0 Å². The Morgan fingerprint density at radius 2 is 2.25 bits per heavy atom. The van der Waals surface area contributed by atoms with Crippen LogP contribution >= 0.6 is 15.9 Å². The van der Waals surface area contributed by atoms with Gasteiger partial charge < -0.3 is 14.2 Å². The minimum Gasteiger partial charge on any atom is -0.465 e. The summed E-state index contributed by atoms with van der Waals surface area (Å²) in [6, 6.07) is 0. The Kier molecular flexibility index (Phi) is 4.76. The Hall–Kier alpha value is -0.130. The highest BCUT2D eigenvalue weighted by atomic mass is 79.9. The smallest absolute Gasteiger partial charge is 0.320 e. The van der Waals surface area contributed by atoms with Crippen LogP contribution in [0.2, 0.25) is 0 Å². The second kappa shape index (κ2) is 5.47. The average molecular weight is 295 g/mol. The summed E-state index contributed by atoms with van der Waals surface area (Å²) in [6.07, 6.45) is -0.0798. The summed E-state index contributed by atoms with van der Waals surface area (Å²) in [4.78, 5) is 11.2. The van der Waals surface area contributed by atoms with Crippen molar-refractivity contribution in [1.82, 2.24) is 0 Å². The lowest BCUT2D eigenvalue weighted by Gasteiger charge is -2.23. The first-order chi connectivity index (χ1) is 7.37. The lowest BCUT2D eigenvalue weighted by Crippen LogP contribution is -2.35. The minimum atomic E-state index is -0.555. The van der Waals surface area contributed by atoms with Crippen molar-refractivity contribution in [1.29, 1.82) is 0 Å². The lowest BCUT2D eigenvalue weighted by atomic mass is 10.0. The van der Waals surface area contributed by atoms with Crippen LogP contribution in [-0.2, 0) is 19.0 Å². The van der Waals surface area contributed by atoms with E-state index in [0.29, 0.717) is 13.2 Å². The van der Waals surface area contributed by atoms with E-state index in [1.807, 2.05) is 20.8 Å². The number of halogens is 1. The fourth-order valence-electron chi connectivity index (χ4n) is 1.60. The number of hydrogen-bond donors (Lipinski definition) is 0. The summed E-state index contributed by atoms with van der Waals surface area (Å²) in [6.45, 7) is 8.38. The number of alkyl halides is 1. The quantitative estimate of drug-likeness (QED) is 0.588. The normalized spacial score (nSPS) is 27.4. The highest BCUT2D eigenvalue weighted by Crippen LogP contribution is 2.30. The van der Waals surface area contributed by atoms with Gasteiger partial charge in [0.2, 0.25) is 0 Å². The molecule has 16 heavy (non-hydrogen) atoms.